The van der Waals surface area contributed by atoms with Crippen LogP contribution < -0.4 is 18.9 Å². The van der Waals surface area contributed by atoms with Gasteiger partial charge in [-0.15, -0.1) is 0 Å². The van der Waals surface area contributed by atoms with Crippen LogP contribution in [-0.4, -0.2) is 31.5 Å². The third-order valence-electron chi connectivity index (χ3n) is 5.89. The minimum atomic E-state index is -0.316. The van der Waals surface area contributed by atoms with Crippen LogP contribution in [0.2, 0.25) is 0 Å². The van der Waals surface area contributed by atoms with Crippen LogP contribution in [0.1, 0.15) is 42.3 Å². The lowest BCUT2D eigenvalue weighted by atomic mass is 9.96. The van der Waals surface area contributed by atoms with Crippen molar-refractivity contribution in [2.75, 3.05) is 20.8 Å². The monoisotopic (exact) mass is 430 g/mol. The van der Waals surface area contributed by atoms with E-state index in [0.717, 1.165) is 40.3 Å². The van der Waals surface area contributed by atoms with Gasteiger partial charge >= 0.3 is 0 Å². The average molecular weight is 431 g/mol. The van der Waals surface area contributed by atoms with Gasteiger partial charge in [-0.25, -0.2) is 5.01 Å². The van der Waals surface area contributed by atoms with E-state index in [1.807, 2.05) is 67.6 Å². The van der Waals surface area contributed by atoms with Crippen molar-refractivity contribution < 1.29 is 18.9 Å². The molecule has 2 atom stereocenters. The predicted octanol–water partition coefficient (Wildman–Crippen LogP) is 5.34. The summed E-state index contributed by atoms with van der Waals surface area (Å²) in [6.45, 7) is 2.62. The van der Waals surface area contributed by atoms with E-state index in [0.29, 0.717) is 18.1 Å². The Balaban J connectivity index is 1.53. The highest BCUT2D eigenvalue weighted by Gasteiger charge is 2.40. The van der Waals surface area contributed by atoms with Crippen molar-refractivity contribution in [1.82, 2.24) is 5.01 Å². The molecule has 3 aromatic carbocycles. The molecule has 0 spiro atoms. The Bertz CT molecular complexity index is 1140. The van der Waals surface area contributed by atoms with Crippen molar-refractivity contribution in [1.29, 1.82) is 0 Å². The maximum atomic E-state index is 6.43. The highest BCUT2D eigenvalue weighted by molar-refractivity contribution is 6.02. The van der Waals surface area contributed by atoms with E-state index < -0.39 is 0 Å². The lowest BCUT2D eigenvalue weighted by Crippen LogP contribution is -2.33. The van der Waals surface area contributed by atoms with Gasteiger partial charge in [-0.3, -0.25) is 0 Å². The van der Waals surface area contributed by atoms with Crippen LogP contribution in [0.25, 0.3) is 0 Å². The predicted molar refractivity (Wildman–Crippen MR) is 123 cm³/mol. The molecule has 0 unspecified atom stereocenters. The zero-order valence-corrected chi connectivity index (χ0v) is 18.4. The van der Waals surface area contributed by atoms with E-state index in [4.69, 9.17) is 24.0 Å². The molecule has 2 aliphatic rings. The third-order valence-corrected chi connectivity index (χ3v) is 5.89. The second-order valence-electron chi connectivity index (χ2n) is 7.73. The molecule has 6 nitrogen and oxygen atoms in total. The summed E-state index contributed by atoms with van der Waals surface area (Å²) in [5.41, 5.74) is 4.19. The molecule has 0 fully saturated rings. The fraction of sp³-hybridized carbons (Fsp3) is 0.269. The van der Waals surface area contributed by atoms with Crippen molar-refractivity contribution >= 4 is 5.71 Å². The van der Waals surface area contributed by atoms with Crippen LogP contribution in [-0.2, 0) is 0 Å². The van der Waals surface area contributed by atoms with E-state index in [-0.39, 0.29) is 12.3 Å². The molecule has 2 aliphatic heterocycles. The maximum absolute atomic E-state index is 6.43. The summed E-state index contributed by atoms with van der Waals surface area (Å²) < 4.78 is 22.9. The molecule has 0 N–H and O–H groups in total. The first-order valence-corrected chi connectivity index (χ1v) is 10.8. The Morgan fingerprint density at radius 2 is 1.75 bits per heavy atom. The maximum Gasteiger partial charge on any atom is 0.213 e. The molecule has 0 radical (unpaired) electrons. The van der Waals surface area contributed by atoms with Gasteiger partial charge in [0.2, 0.25) is 6.23 Å². The Hall–Kier alpha value is -3.67. The van der Waals surface area contributed by atoms with Crippen molar-refractivity contribution in [3.05, 3.63) is 83.4 Å². The van der Waals surface area contributed by atoms with Crippen LogP contribution >= 0.6 is 0 Å². The van der Waals surface area contributed by atoms with Crippen LogP contribution in [0.3, 0.4) is 0 Å². The Labute approximate surface area is 188 Å². The number of rotatable bonds is 6. The first-order chi connectivity index (χ1) is 15.7. The average Bonchev–Trinajstić information content (AvgIpc) is 3.30. The standard InChI is InChI=1S/C26H26N2O4/c1-4-31-19-12-9-17(10-13-19)26-28-22(20-7-5-6-8-23(20)32-26)16-21(27-28)18-11-14-24(29-2)25(15-18)30-3/h5-15,22,26H,4,16H2,1-3H3/t22-,26+/m0/s1. The van der Waals surface area contributed by atoms with Gasteiger partial charge in [0.15, 0.2) is 11.5 Å². The summed E-state index contributed by atoms with van der Waals surface area (Å²) in [4.78, 5) is 0. The van der Waals surface area contributed by atoms with Gasteiger partial charge in [0.25, 0.3) is 0 Å². The summed E-state index contributed by atoms with van der Waals surface area (Å²) in [6, 6.07) is 22.3. The smallest absolute Gasteiger partial charge is 0.213 e. The van der Waals surface area contributed by atoms with E-state index in [1.54, 1.807) is 14.2 Å². The number of benzene rings is 3. The topological polar surface area (TPSA) is 52.5 Å². The summed E-state index contributed by atoms with van der Waals surface area (Å²) >= 11 is 0. The molecule has 0 bridgehead atoms. The number of hydrogen-bond donors (Lipinski definition) is 0. The van der Waals surface area contributed by atoms with Gasteiger partial charge in [0, 0.05) is 23.1 Å². The van der Waals surface area contributed by atoms with Gasteiger partial charge < -0.3 is 18.9 Å². The number of ether oxygens (including phenoxy) is 4. The zero-order chi connectivity index (χ0) is 22.1. The largest absolute Gasteiger partial charge is 0.494 e. The van der Waals surface area contributed by atoms with Gasteiger partial charge in [0.05, 0.1) is 32.6 Å². The van der Waals surface area contributed by atoms with Crippen LogP contribution in [0, 0.1) is 0 Å². The van der Waals surface area contributed by atoms with Crippen molar-refractivity contribution in [2.24, 2.45) is 5.10 Å². The quantitative estimate of drug-likeness (QED) is 0.528. The number of fused-ring (bicyclic) bond motifs is 3. The molecule has 0 aliphatic carbocycles. The molecular weight excluding hydrogens is 404 g/mol. The normalized spacial score (nSPS) is 18.8. The summed E-state index contributed by atoms with van der Waals surface area (Å²) in [5.74, 6) is 3.14. The molecule has 0 aromatic heterocycles. The molecule has 2 heterocycles. The molecule has 32 heavy (non-hydrogen) atoms. The molecule has 6 heteroatoms. The number of para-hydroxylation sites is 1. The van der Waals surface area contributed by atoms with E-state index in [1.165, 1.54) is 0 Å². The molecule has 0 saturated carbocycles. The van der Waals surface area contributed by atoms with Gasteiger partial charge in [-0.2, -0.15) is 5.10 Å². The van der Waals surface area contributed by atoms with Crippen molar-refractivity contribution in [3.8, 4) is 23.0 Å². The second kappa shape index (κ2) is 8.46. The molecule has 0 saturated heterocycles. The first kappa shape index (κ1) is 20.2. The molecule has 5 rings (SSSR count). The summed E-state index contributed by atoms with van der Waals surface area (Å²) in [5, 5.41) is 7.10. The Morgan fingerprint density at radius 3 is 2.50 bits per heavy atom. The van der Waals surface area contributed by atoms with Gasteiger partial charge in [-0.05, 0) is 55.5 Å². The molecule has 3 aromatic rings. The van der Waals surface area contributed by atoms with Crippen molar-refractivity contribution in [2.45, 2.75) is 25.6 Å². The van der Waals surface area contributed by atoms with Gasteiger partial charge in [-0.1, -0.05) is 18.2 Å². The second-order valence-corrected chi connectivity index (χ2v) is 7.73. The van der Waals surface area contributed by atoms with E-state index in [2.05, 4.69) is 11.1 Å². The minimum Gasteiger partial charge on any atom is -0.494 e. The van der Waals surface area contributed by atoms with Crippen LogP contribution in [0.15, 0.2) is 71.8 Å². The highest BCUT2D eigenvalue weighted by Crippen LogP contribution is 2.47. The minimum absolute atomic E-state index is 0.0969. The van der Waals surface area contributed by atoms with Crippen LogP contribution in [0.4, 0.5) is 0 Å². The van der Waals surface area contributed by atoms with Gasteiger partial charge in [0.1, 0.15) is 11.5 Å². The van der Waals surface area contributed by atoms with E-state index >= 15 is 0 Å². The van der Waals surface area contributed by atoms with E-state index in [9.17, 15) is 0 Å². The summed E-state index contributed by atoms with van der Waals surface area (Å²) in [7, 11) is 3.29. The van der Waals surface area contributed by atoms with Crippen LogP contribution in [0.5, 0.6) is 23.0 Å². The third kappa shape index (κ3) is 3.51. The fourth-order valence-corrected chi connectivity index (χ4v) is 4.34. The SMILES string of the molecule is CCOc1ccc([C@H]2Oc3ccccc3[C@@H]3CC(c4ccc(OC)c(OC)c4)=NN23)cc1. The lowest BCUT2D eigenvalue weighted by molar-refractivity contribution is -0.0190. The Kier molecular flexibility index (Phi) is 5.35. The number of hydrogen-bond acceptors (Lipinski definition) is 6. The molecule has 0 amide bonds. The fourth-order valence-electron chi connectivity index (χ4n) is 4.34. The highest BCUT2D eigenvalue weighted by atomic mass is 16.5. The first-order valence-electron chi connectivity index (χ1n) is 10.8. The number of nitrogens with zero attached hydrogens (tertiary/aromatic N) is 2. The summed E-state index contributed by atoms with van der Waals surface area (Å²) in [6.07, 6.45) is 0.465. The van der Waals surface area contributed by atoms with Crippen molar-refractivity contribution in [3.63, 3.8) is 0 Å². The zero-order valence-electron chi connectivity index (χ0n) is 18.4. The molecular formula is C26H26N2O4. The number of hydrazone groups is 1. The number of methoxy groups -OCH3 is 2. The molecule has 164 valence electrons. The Morgan fingerprint density at radius 1 is 0.969 bits per heavy atom. The lowest BCUT2D eigenvalue weighted by Gasteiger charge is -2.38.